The molecule has 3 heteroatoms. The van der Waals surface area contributed by atoms with E-state index in [2.05, 4.69) is 40.7 Å². The van der Waals surface area contributed by atoms with Gasteiger partial charge in [0.15, 0.2) is 0 Å². The van der Waals surface area contributed by atoms with Gasteiger partial charge < -0.3 is 10.5 Å². The Morgan fingerprint density at radius 3 is 2.50 bits per heavy atom. The molecule has 0 aromatic heterocycles. The van der Waals surface area contributed by atoms with E-state index in [1.54, 1.807) is 5.57 Å². The van der Waals surface area contributed by atoms with Gasteiger partial charge in [0.25, 0.3) is 0 Å². The molecule has 4 saturated carbocycles. The zero-order chi connectivity index (χ0) is 28.5. The maximum Gasteiger partial charge on any atom is 0.306 e. The zero-order valence-electron chi connectivity index (χ0n) is 26.9. The van der Waals surface area contributed by atoms with Gasteiger partial charge in [-0.15, -0.1) is 0 Å². The normalized spacial score (nSPS) is 42.0. The van der Waals surface area contributed by atoms with Gasteiger partial charge >= 0.3 is 5.97 Å². The summed E-state index contributed by atoms with van der Waals surface area (Å²) in [5.41, 5.74) is 8.39. The number of fused-ring (bicyclic) bond motifs is 5. The first-order chi connectivity index (χ1) is 19.2. The van der Waals surface area contributed by atoms with Crippen LogP contribution < -0.4 is 5.73 Å². The van der Waals surface area contributed by atoms with Crippen molar-refractivity contribution in [2.75, 3.05) is 6.54 Å². The van der Waals surface area contributed by atoms with E-state index in [-0.39, 0.29) is 12.1 Å². The van der Waals surface area contributed by atoms with Gasteiger partial charge in [-0.25, -0.2) is 0 Å². The third-order valence-corrected chi connectivity index (χ3v) is 13.6. The second-order valence-corrected chi connectivity index (χ2v) is 16.2. The second-order valence-electron chi connectivity index (χ2n) is 16.2. The summed E-state index contributed by atoms with van der Waals surface area (Å²) in [7, 11) is 0. The number of rotatable bonds is 10. The van der Waals surface area contributed by atoms with Crippen molar-refractivity contribution in [2.45, 2.75) is 150 Å². The third-order valence-electron chi connectivity index (χ3n) is 13.6. The first kappa shape index (κ1) is 30.6. The molecule has 5 aliphatic rings. The van der Waals surface area contributed by atoms with E-state index in [1.165, 1.54) is 83.5 Å². The average Bonchev–Trinajstić information content (AvgIpc) is 3.27. The van der Waals surface area contributed by atoms with Crippen LogP contribution in [0.15, 0.2) is 11.6 Å². The van der Waals surface area contributed by atoms with Crippen molar-refractivity contribution >= 4 is 5.97 Å². The molecule has 4 fully saturated rings. The van der Waals surface area contributed by atoms with Crippen LogP contribution in [0.25, 0.3) is 0 Å². The van der Waals surface area contributed by atoms with Crippen LogP contribution in [0.1, 0.15) is 144 Å². The number of allylic oxidation sites excluding steroid dienone is 1. The van der Waals surface area contributed by atoms with Gasteiger partial charge in [0.2, 0.25) is 0 Å². The molecule has 0 bridgehead atoms. The van der Waals surface area contributed by atoms with Crippen molar-refractivity contribution in [3.8, 4) is 0 Å². The minimum absolute atomic E-state index is 0.0600. The summed E-state index contributed by atoms with van der Waals surface area (Å²) in [4.78, 5) is 13.1. The fourth-order valence-electron chi connectivity index (χ4n) is 11.3. The highest BCUT2D eigenvalue weighted by Gasteiger charge is 2.59. The molecular weight excluding hydrogens is 490 g/mol. The number of hydrogen-bond donors (Lipinski definition) is 1. The van der Waals surface area contributed by atoms with Crippen LogP contribution in [0.5, 0.6) is 0 Å². The molecule has 3 nitrogen and oxygen atoms in total. The van der Waals surface area contributed by atoms with Gasteiger partial charge in [-0.1, -0.05) is 84.8 Å². The molecule has 0 aliphatic heterocycles. The summed E-state index contributed by atoms with van der Waals surface area (Å²) >= 11 is 0. The number of ether oxygens (including phenoxy) is 1. The van der Waals surface area contributed by atoms with Gasteiger partial charge in [0.1, 0.15) is 6.10 Å². The molecule has 40 heavy (non-hydrogen) atoms. The highest BCUT2D eigenvalue weighted by Crippen LogP contribution is 2.67. The molecule has 10 atom stereocenters. The predicted octanol–water partition coefficient (Wildman–Crippen LogP) is 9.48. The van der Waals surface area contributed by atoms with Crippen LogP contribution >= 0.6 is 0 Å². The van der Waals surface area contributed by atoms with Gasteiger partial charge in [-0.05, 0) is 123 Å². The molecule has 0 aromatic rings. The highest BCUT2D eigenvalue weighted by atomic mass is 16.5. The Bertz CT molecular complexity index is 893. The summed E-state index contributed by atoms with van der Waals surface area (Å²) in [6.07, 6.45) is 23.9. The quantitative estimate of drug-likeness (QED) is 0.216. The molecule has 0 aromatic carbocycles. The second kappa shape index (κ2) is 12.8. The van der Waals surface area contributed by atoms with Gasteiger partial charge in [-0.3, -0.25) is 4.79 Å². The van der Waals surface area contributed by atoms with E-state index in [4.69, 9.17) is 10.5 Å². The van der Waals surface area contributed by atoms with Gasteiger partial charge in [-0.2, -0.15) is 0 Å². The summed E-state index contributed by atoms with van der Waals surface area (Å²) in [5, 5.41) is 0. The Morgan fingerprint density at radius 2 is 1.75 bits per heavy atom. The largest absolute Gasteiger partial charge is 0.462 e. The SMILES string of the molecule is CC(C)CCC[C@@H](C)[C@H]1CC[C@H]2C3CC=C4CC(OC(=O)CC5CCCCC5CCN)CCC4(C)[C@H]3CC[C@]12C. The third kappa shape index (κ3) is 6.12. The molecule has 228 valence electrons. The van der Waals surface area contributed by atoms with E-state index >= 15 is 0 Å². The number of esters is 1. The lowest BCUT2D eigenvalue weighted by Gasteiger charge is -2.58. The molecule has 5 aliphatic carbocycles. The van der Waals surface area contributed by atoms with Crippen molar-refractivity contribution in [3.05, 3.63) is 11.6 Å². The predicted molar refractivity (Wildman–Crippen MR) is 167 cm³/mol. The Kier molecular flexibility index (Phi) is 9.80. The van der Waals surface area contributed by atoms with E-state index in [1.807, 2.05) is 0 Å². The van der Waals surface area contributed by atoms with Crippen molar-refractivity contribution < 1.29 is 9.53 Å². The van der Waals surface area contributed by atoms with Crippen LogP contribution in [0.4, 0.5) is 0 Å². The molecule has 0 radical (unpaired) electrons. The van der Waals surface area contributed by atoms with E-state index in [0.29, 0.717) is 29.1 Å². The molecule has 5 unspecified atom stereocenters. The van der Waals surface area contributed by atoms with Crippen molar-refractivity contribution in [1.29, 1.82) is 0 Å². The molecule has 2 N–H and O–H groups in total. The number of carbonyl (C=O) groups is 1. The van der Waals surface area contributed by atoms with Gasteiger partial charge in [0.05, 0.1) is 0 Å². The van der Waals surface area contributed by atoms with Gasteiger partial charge in [0, 0.05) is 12.8 Å². The van der Waals surface area contributed by atoms with Crippen molar-refractivity contribution in [1.82, 2.24) is 0 Å². The average molecular weight is 554 g/mol. The van der Waals surface area contributed by atoms with Crippen LogP contribution in [0.2, 0.25) is 0 Å². The van der Waals surface area contributed by atoms with Crippen molar-refractivity contribution in [3.63, 3.8) is 0 Å². The molecule has 0 heterocycles. The molecule has 0 saturated heterocycles. The Balaban J connectivity index is 1.19. The lowest BCUT2D eigenvalue weighted by molar-refractivity contribution is -0.153. The van der Waals surface area contributed by atoms with Crippen LogP contribution in [-0.2, 0) is 9.53 Å². The summed E-state index contributed by atoms with van der Waals surface area (Å²) in [6.45, 7) is 13.4. The van der Waals surface area contributed by atoms with E-state index < -0.39 is 0 Å². The Labute approximate surface area is 247 Å². The van der Waals surface area contributed by atoms with Crippen LogP contribution in [0, 0.1) is 58.2 Å². The topological polar surface area (TPSA) is 52.3 Å². The van der Waals surface area contributed by atoms with Crippen molar-refractivity contribution in [2.24, 2.45) is 63.9 Å². The number of nitrogens with two attached hydrogens (primary N) is 1. The Morgan fingerprint density at radius 1 is 0.975 bits per heavy atom. The number of carbonyl (C=O) groups excluding carboxylic acids is 1. The molecule has 0 amide bonds. The fraction of sp³-hybridized carbons (Fsp3) is 0.919. The first-order valence-corrected chi connectivity index (χ1v) is 17.7. The summed E-state index contributed by atoms with van der Waals surface area (Å²) in [6, 6.07) is 0. The minimum Gasteiger partial charge on any atom is -0.462 e. The monoisotopic (exact) mass is 553 g/mol. The van der Waals surface area contributed by atoms with Crippen LogP contribution in [0.3, 0.4) is 0 Å². The Hall–Kier alpha value is -0.830. The molecule has 5 rings (SSSR count). The molecular formula is C37H63NO2. The lowest BCUT2D eigenvalue weighted by atomic mass is 9.47. The fourth-order valence-corrected chi connectivity index (χ4v) is 11.3. The maximum absolute atomic E-state index is 13.1. The highest BCUT2D eigenvalue weighted by molar-refractivity contribution is 5.70. The van der Waals surface area contributed by atoms with Crippen LogP contribution in [-0.4, -0.2) is 18.6 Å². The van der Waals surface area contributed by atoms with E-state index in [0.717, 1.165) is 61.3 Å². The minimum atomic E-state index is 0.0600. The maximum atomic E-state index is 13.1. The zero-order valence-corrected chi connectivity index (χ0v) is 26.9. The summed E-state index contributed by atoms with van der Waals surface area (Å²) in [5.74, 6) is 6.40. The smallest absolute Gasteiger partial charge is 0.306 e. The lowest BCUT2D eigenvalue weighted by Crippen LogP contribution is -2.51. The number of hydrogen-bond acceptors (Lipinski definition) is 3. The van der Waals surface area contributed by atoms with E-state index in [9.17, 15) is 4.79 Å². The standard InChI is InChI=1S/C37H63NO2/c1-25(2)9-8-10-26(3)32-15-16-33-31-14-13-29-24-30(17-20-36(29,4)34(31)18-21-37(32,33)5)40-35(39)23-28-12-7-6-11-27(28)19-22-38/h13,25-28,30-34H,6-12,14-24,38H2,1-5H3/t26-,27?,28?,30?,31?,32-,33+,34+,36?,37-/m1/s1. The summed E-state index contributed by atoms with van der Waals surface area (Å²) < 4.78 is 6.21. The molecule has 0 spiro atoms. The first-order valence-electron chi connectivity index (χ1n) is 17.7.